The number of allylic oxidation sites excluding steroid dienone is 2. The van der Waals surface area contributed by atoms with E-state index in [0.717, 1.165) is 36.3 Å². The molecule has 1 N–H and O–H groups in total. The Morgan fingerprint density at radius 1 is 1.48 bits per heavy atom. The van der Waals surface area contributed by atoms with Crippen molar-refractivity contribution in [2.75, 3.05) is 6.54 Å². The number of nitrogens with one attached hydrogen (secondary N) is 1. The Balaban J connectivity index is 2.02. The third-order valence-corrected chi connectivity index (χ3v) is 6.68. The number of carbonyl (C=O) groups excluding carboxylic acids is 2. The van der Waals surface area contributed by atoms with Crippen LogP contribution in [0.4, 0.5) is 0 Å². The fourth-order valence-corrected chi connectivity index (χ4v) is 4.61. The minimum Gasteiger partial charge on any atom is -0.340 e. The van der Waals surface area contributed by atoms with E-state index < -0.39 is 6.04 Å². The van der Waals surface area contributed by atoms with E-state index in [1.807, 2.05) is 30.2 Å². The lowest BCUT2D eigenvalue weighted by atomic mass is 10.0. The van der Waals surface area contributed by atoms with Crippen LogP contribution in [0.15, 0.2) is 34.3 Å². The van der Waals surface area contributed by atoms with Crippen LogP contribution in [-0.4, -0.2) is 34.3 Å². The van der Waals surface area contributed by atoms with Gasteiger partial charge in [0.1, 0.15) is 11.0 Å². The second-order valence-electron chi connectivity index (χ2n) is 8.17. The molecule has 0 bridgehead atoms. The van der Waals surface area contributed by atoms with Gasteiger partial charge >= 0.3 is 0 Å². The zero-order chi connectivity index (χ0) is 22.8. The van der Waals surface area contributed by atoms with Crippen LogP contribution in [0.5, 0.6) is 0 Å². The van der Waals surface area contributed by atoms with E-state index in [-0.39, 0.29) is 23.8 Å². The van der Waals surface area contributed by atoms with Gasteiger partial charge in [-0.05, 0) is 44.9 Å². The molecule has 1 saturated heterocycles. The normalized spacial score (nSPS) is 18.2. The molecule has 31 heavy (non-hydrogen) atoms. The first kappa shape index (κ1) is 25.2. The Kier molecular flexibility index (Phi) is 10.3. The molecule has 2 atom stereocenters. The molecule has 5 nitrogen and oxygen atoms in total. The first-order valence-corrected chi connectivity index (χ1v) is 12.1. The van der Waals surface area contributed by atoms with Gasteiger partial charge in [-0.3, -0.25) is 9.59 Å². The van der Waals surface area contributed by atoms with Crippen LogP contribution in [0.25, 0.3) is 0 Å². The molecule has 2 rings (SSSR count). The summed E-state index contributed by atoms with van der Waals surface area (Å²) in [5.74, 6) is 2.33. The average molecular weight is 462 g/mol. The number of nitrogens with zero attached hydrogens (tertiary/aromatic N) is 2. The van der Waals surface area contributed by atoms with Gasteiger partial charge in [-0.1, -0.05) is 37.1 Å². The van der Waals surface area contributed by atoms with Crippen LogP contribution in [0.1, 0.15) is 70.3 Å². The van der Waals surface area contributed by atoms with Crippen molar-refractivity contribution in [3.63, 3.8) is 0 Å². The smallest absolute Gasteiger partial charge is 0.247 e. The lowest BCUT2D eigenvalue weighted by Gasteiger charge is -2.30. The average Bonchev–Trinajstić information content (AvgIpc) is 3.44. The van der Waals surface area contributed by atoms with Gasteiger partial charge in [-0.25, -0.2) is 4.98 Å². The fourth-order valence-electron chi connectivity index (χ4n) is 3.63. The summed E-state index contributed by atoms with van der Waals surface area (Å²) < 4.78 is 0. The minimum absolute atomic E-state index is 0.00159. The molecule has 2 heterocycles. The van der Waals surface area contributed by atoms with Crippen LogP contribution in [0.3, 0.4) is 0 Å². The molecule has 7 heteroatoms. The lowest BCUT2D eigenvalue weighted by molar-refractivity contribution is -0.137. The van der Waals surface area contributed by atoms with Gasteiger partial charge in [-0.15, -0.1) is 23.7 Å². The number of likely N-dealkylation sites (tertiary alicyclic amines) is 1. The van der Waals surface area contributed by atoms with Crippen molar-refractivity contribution in [1.82, 2.24) is 15.2 Å². The molecule has 0 aliphatic carbocycles. The third kappa shape index (κ3) is 7.22. The van der Waals surface area contributed by atoms with Gasteiger partial charge < -0.3 is 10.2 Å². The molecule has 1 fully saturated rings. The third-order valence-electron chi connectivity index (χ3n) is 5.49. The topological polar surface area (TPSA) is 62.3 Å². The number of carbonyl (C=O) groups is 2. The van der Waals surface area contributed by atoms with Crippen molar-refractivity contribution in [2.45, 2.75) is 71.4 Å². The first-order valence-electron chi connectivity index (χ1n) is 10.8. The number of terminal acetylenes is 1. The van der Waals surface area contributed by atoms with E-state index in [9.17, 15) is 9.59 Å². The van der Waals surface area contributed by atoms with Crippen LogP contribution >= 0.6 is 22.9 Å². The SMILES string of the molecule is C#CCCC/C(=C/Cl)C/C=C(\C)C(=O)N[C@H](C(=O)N1CCC[C@H]1c1nccs1)C(C)C. The van der Waals surface area contributed by atoms with Gasteiger partial charge in [0.25, 0.3) is 0 Å². The van der Waals surface area contributed by atoms with Crippen LogP contribution in [0.2, 0.25) is 0 Å². The van der Waals surface area contributed by atoms with Gasteiger partial charge in [-0.2, -0.15) is 0 Å². The molecule has 1 aliphatic rings. The van der Waals surface area contributed by atoms with Crippen molar-refractivity contribution in [1.29, 1.82) is 0 Å². The number of halogens is 1. The van der Waals surface area contributed by atoms with Crippen molar-refractivity contribution < 1.29 is 9.59 Å². The van der Waals surface area contributed by atoms with Gasteiger partial charge in [0.15, 0.2) is 0 Å². The summed E-state index contributed by atoms with van der Waals surface area (Å²) in [6.45, 7) is 6.36. The maximum absolute atomic E-state index is 13.3. The molecule has 1 aromatic heterocycles. The van der Waals surface area contributed by atoms with Crippen LogP contribution < -0.4 is 5.32 Å². The van der Waals surface area contributed by atoms with Crippen LogP contribution in [-0.2, 0) is 9.59 Å². The molecule has 2 amide bonds. The van der Waals surface area contributed by atoms with Gasteiger partial charge in [0.05, 0.1) is 6.04 Å². The summed E-state index contributed by atoms with van der Waals surface area (Å²) in [7, 11) is 0. The van der Waals surface area contributed by atoms with Crippen molar-refractivity contribution in [3.8, 4) is 12.3 Å². The highest BCUT2D eigenvalue weighted by atomic mass is 35.5. The largest absolute Gasteiger partial charge is 0.340 e. The summed E-state index contributed by atoms with van der Waals surface area (Å²) in [6, 6.07) is -0.572. The Hall–Kier alpha value is -2.10. The molecular weight excluding hydrogens is 430 g/mol. The molecule has 0 spiro atoms. The van der Waals surface area contributed by atoms with Gasteiger partial charge in [0, 0.05) is 35.7 Å². The van der Waals surface area contributed by atoms with Crippen LogP contribution in [0, 0.1) is 18.3 Å². The molecule has 1 aromatic rings. The van der Waals surface area contributed by atoms with E-state index >= 15 is 0 Å². The predicted octanol–water partition coefficient (Wildman–Crippen LogP) is 5.21. The Morgan fingerprint density at radius 3 is 2.87 bits per heavy atom. The standard InChI is InChI=1S/C24H32ClN3O2S/c1-5-6-7-9-19(16-25)12-11-18(4)22(29)27-21(17(2)3)24(30)28-14-8-10-20(28)23-26-13-15-31-23/h1,11,13,15-17,20-21H,6-10,12,14H2,2-4H3,(H,27,29)/b18-11+,19-16-/t20-,21-/m0/s1. The second kappa shape index (κ2) is 12.7. The molecule has 0 aromatic carbocycles. The summed E-state index contributed by atoms with van der Waals surface area (Å²) in [6.07, 6.45) is 13.7. The second-order valence-corrected chi connectivity index (χ2v) is 9.32. The van der Waals surface area contributed by atoms with E-state index in [2.05, 4.69) is 16.2 Å². The highest BCUT2D eigenvalue weighted by molar-refractivity contribution is 7.09. The molecule has 168 valence electrons. The number of unbranched alkanes of at least 4 members (excludes halogenated alkanes) is 1. The van der Waals surface area contributed by atoms with Crippen molar-refractivity contribution in [3.05, 3.63) is 39.3 Å². The maximum Gasteiger partial charge on any atom is 0.247 e. The Labute approximate surface area is 195 Å². The Bertz CT molecular complexity index is 840. The van der Waals surface area contributed by atoms with E-state index in [0.29, 0.717) is 25.0 Å². The zero-order valence-corrected chi connectivity index (χ0v) is 20.1. The number of aromatic nitrogens is 1. The van der Waals surface area contributed by atoms with E-state index in [1.165, 1.54) is 0 Å². The predicted molar refractivity (Wildman–Crippen MR) is 128 cm³/mol. The maximum atomic E-state index is 13.3. The number of thiazole rings is 1. The zero-order valence-electron chi connectivity index (χ0n) is 18.6. The number of rotatable bonds is 10. The summed E-state index contributed by atoms with van der Waals surface area (Å²) >= 11 is 7.48. The van der Waals surface area contributed by atoms with Crippen molar-refractivity contribution in [2.24, 2.45) is 5.92 Å². The summed E-state index contributed by atoms with van der Waals surface area (Å²) in [5, 5.41) is 5.85. The highest BCUT2D eigenvalue weighted by Gasteiger charge is 2.37. The summed E-state index contributed by atoms with van der Waals surface area (Å²) in [5.41, 5.74) is 3.17. The molecule has 1 aliphatic heterocycles. The number of amides is 2. The van der Waals surface area contributed by atoms with Gasteiger partial charge in [0.2, 0.25) is 11.8 Å². The molecule has 0 saturated carbocycles. The fraction of sp³-hybridized carbons (Fsp3) is 0.542. The van der Waals surface area contributed by atoms with Crippen molar-refractivity contribution >= 4 is 34.8 Å². The van der Waals surface area contributed by atoms with E-state index in [1.54, 1.807) is 30.0 Å². The molecule has 0 radical (unpaired) electrons. The van der Waals surface area contributed by atoms with E-state index in [4.69, 9.17) is 18.0 Å². The lowest BCUT2D eigenvalue weighted by Crippen LogP contribution is -2.51. The Morgan fingerprint density at radius 2 is 2.26 bits per heavy atom. The first-order chi connectivity index (χ1) is 14.9. The molecule has 0 unspecified atom stereocenters. The quantitative estimate of drug-likeness (QED) is 0.295. The number of hydrogen-bond acceptors (Lipinski definition) is 4. The monoisotopic (exact) mass is 461 g/mol. The summed E-state index contributed by atoms with van der Waals surface area (Å²) in [4.78, 5) is 32.4. The highest BCUT2D eigenvalue weighted by Crippen LogP contribution is 2.33. The minimum atomic E-state index is -0.574. The number of hydrogen-bond donors (Lipinski definition) is 1. The molecular formula is C24H32ClN3O2S.